The summed E-state index contributed by atoms with van der Waals surface area (Å²) in [5.41, 5.74) is 4.14. The minimum Gasteiger partial charge on any atom is -0.310 e. The van der Waals surface area contributed by atoms with Crippen LogP contribution in [0.4, 0.5) is 0 Å². The van der Waals surface area contributed by atoms with E-state index in [2.05, 4.69) is 56.6 Å². The SMILES string of the molecule is C=CC.CC1C(=C2CC3(C2)CC(C=O)(C=O)C3)C=CC2(C)C1CCC1(C)C2CCC2[C@H]3CCCC3(NCCN3CCS(=O)CC3)CC[C@]21C. The summed E-state index contributed by atoms with van der Waals surface area (Å²) in [6.07, 6.45) is 24.9. The molecule has 0 bridgehead atoms. The van der Waals surface area contributed by atoms with Gasteiger partial charge in [0.2, 0.25) is 0 Å². The van der Waals surface area contributed by atoms with Gasteiger partial charge in [-0.25, -0.2) is 0 Å². The number of carbonyl (C=O) groups excluding carboxylic acids is 2. The van der Waals surface area contributed by atoms with Gasteiger partial charge in [0.25, 0.3) is 0 Å². The lowest BCUT2D eigenvalue weighted by molar-refractivity contribution is -0.201. The van der Waals surface area contributed by atoms with Crippen LogP contribution in [0, 0.1) is 56.7 Å². The molecule has 0 aromatic carbocycles. The van der Waals surface area contributed by atoms with Crippen LogP contribution in [0.2, 0.25) is 0 Å². The molecule has 49 heavy (non-hydrogen) atoms. The Morgan fingerprint density at radius 2 is 1.61 bits per heavy atom. The zero-order valence-electron chi connectivity index (χ0n) is 31.5. The van der Waals surface area contributed by atoms with Crippen molar-refractivity contribution in [3.63, 3.8) is 0 Å². The molecule has 6 heteroatoms. The third kappa shape index (κ3) is 5.53. The normalized spacial score (nSPS) is 45.0. The maximum absolute atomic E-state index is 11.9. The Kier molecular flexibility index (Phi) is 9.51. The van der Waals surface area contributed by atoms with Crippen molar-refractivity contribution < 1.29 is 13.8 Å². The number of hydrogen-bond acceptors (Lipinski definition) is 5. The average molecular weight is 691 g/mol. The molecular weight excluding hydrogens is 625 g/mol. The molecular formula is C43H66N2O3S. The first-order valence-corrected chi connectivity index (χ1v) is 21.6. The summed E-state index contributed by atoms with van der Waals surface area (Å²) in [6.45, 7) is 20.1. The fraction of sp³-hybridized carbons (Fsp3) is 0.814. The lowest BCUT2D eigenvalue weighted by Gasteiger charge is -2.71. The summed E-state index contributed by atoms with van der Waals surface area (Å²) in [5.74, 6) is 5.41. The second-order valence-corrected chi connectivity index (χ2v) is 20.8. The quantitative estimate of drug-likeness (QED) is 0.174. The molecule has 1 N–H and O–H groups in total. The summed E-state index contributed by atoms with van der Waals surface area (Å²) >= 11 is 0. The maximum Gasteiger partial charge on any atom is 0.133 e. The van der Waals surface area contributed by atoms with E-state index in [1.165, 1.54) is 57.8 Å². The Hall–Kier alpha value is -1.37. The van der Waals surface area contributed by atoms with E-state index in [4.69, 9.17) is 0 Å². The van der Waals surface area contributed by atoms with Crippen LogP contribution in [-0.4, -0.2) is 64.9 Å². The molecule has 1 saturated heterocycles. The van der Waals surface area contributed by atoms with Crippen LogP contribution < -0.4 is 5.32 Å². The zero-order valence-corrected chi connectivity index (χ0v) is 32.3. The number of allylic oxidation sites excluding steroid dienone is 5. The van der Waals surface area contributed by atoms with Crippen LogP contribution in [0.1, 0.15) is 118 Å². The number of rotatable bonds is 6. The molecule has 272 valence electrons. The fourth-order valence-corrected chi connectivity index (χ4v) is 15.6. The van der Waals surface area contributed by atoms with Crippen LogP contribution in [0.15, 0.2) is 36.0 Å². The molecule has 7 unspecified atom stereocenters. The molecule has 0 amide bonds. The van der Waals surface area contributed by atoms with Crippen LogP contribution in [-0.2, 0) is 20.4 Å². The molecule has 1 aliphatic heterocycles. The van der Waals surface area contributed by atoms with Crippen molar-refractivity contribution >= 4 is 23.4 Å². The van der Waals surface area contributed by atoms with E-state index in [0.29, 0.717) is 28.2 Å². The summed E-state index contributed by atoms with van der Waals surface area (Å²) in [7, 11) is -0.595. The van der Waals surface area contributed by atoms with Gasteiger partial charge >= 0.3 is 0 Å². The first-order valence-electron chi connectivity index (χ1n) is 20.1. The van der Waals surface area contributed by atoms with E-state index in [-0.39, 0.29) is 10.8 Å². The predicted octanol–water partition coefficient (Wildman–Crippen LogP) is 8.08. The summed E-state index contributed by atoms with van der Waals surface area (Å²) in [6, 6.07) is 0. The largest absolute Gasteiger partial charge is 0.310 e. The van der Waals surface area contributed by atoms with Crippen LogP contribution in [0.25, 0.3) is 0 Å². The molecule has 1 spiro atoms. The number of fused-ring (bicyclic) bond motifs is 7. The second kappa shape index (κ2) is 12.9. The highest BCUT2D eigenvalue weighted by Crippen LogP contribution is 2.75. The van der Waals surface area contributed by atoms with Gasteiger partial charge in [-0.1, -0.05) is 57.9 Å². The highest BCUT2D eigenvalue weighted by molar-refractivity contribution is 7.85. The van der Waals surface area contributed by atoms with Gasteiger partial charge in [-0.3, -0.25) is 4.21 Å². The van der Waals surface area contributed by atoms with E-state index < -0.39 is 16.2 Å². The third-order valence-electron chi connectivity index (χ3n) is 17.0. The van der Waals surface area contributed by atoms with Gasteiger partial charge in [0.05, 0.1) is 5.41 Å². The van der Waals surface area contributed by atoms with Crippen LogP contribution in [0.5, 0.6) is 0 Å². The molecule has 0 aromatic heterocycles. The van der Waals surface area contributed by atoms with Gasteiger partial charge in [-0.05, 0) is 141 Å². The first-order chi connectivity index (χ1) is 23.4. The molecule has 0 aromatic rings. The van der Waals surface area contributed by atoms with Crippen molar-refractivity contribution in [1.82, 2.24) is 10.2 Å². The minimum absolute atomic E-state index is 0.219. The van der Waals surface area contributed by atoms with Gasteiger partial charge in [0.1, 0.15) is 12.6 Å². The minimum atomic E-state index is -0.685. The molecule has 0 radical (unpaired) electrons. The van der Waals surface area contributed by atoms with E-state index in [1.807, 2.05) is 6.92 Å². The molecule has 1 heterocycles. The molecule has 6 saturated carbocycles. The second-order valence-electron chi connectivity index (χ2n) is 19.1. The van der Waals surface area contributed by atoms with Gasteiger partial charge in [-0.2, -0.15) is 0 Å². The van der Waals surface area contributed by atoms with Crippen LogP contribution in [0.3, 0.4) is 0 Å². The molecule has 7 aliphatic carbocycles. The van der Waals surface area contributed by atoms with Crippen molar-refractivity contribution in [2.45, 2.75) is 124 Å². The Labute approximate surface area is 300 Å². The standard InChI is InChI=1S/C40H60N2O3S.C3H6/c1-28-30(29-22-38(23-29)24-39(25-38,26-43)27-44)9-12-35(2)31(28)10-13-37(4)34(35)8-7-32-33-6-5-11-40(33,15-14-36(32,37)3)41-16-17-42-18-20-46(45)21-19-42;1-3-2/h9,12,26-28,31-34,41H,5-8,10-11,13-25H2,1-4H3;3H,1H2,2H3/t28?,31?,32?,33-,34?,35?,36-,37?,40?;/m1./s1. The van der Waals surface area contributed by atoms with Gasteiger partial charge < -0.3 is 19.8 Å². The van der Waals surface area contributed by atoms with E-state index >= 15 is 0 Å². The molecule has 7 fully saturated rings. The van der Waals surface area contributed by atoms with Crippen molar-refractivity contribution in [3.8, 4) is 0 Å². The van der Waals surface area contributed by atoms with Crippen molar-refractivity contribution in [3.05, 3.63) is 36.0 Å². The Morgan fingerprint density at radius 3 is 2.29 bits per heavy atom. The lowest BCUT2D eigenvalue weighted by atomic mass is 9.34. The van der Waals surface area contributed by atoms with E-state index in [1.54, 1.807) is 17.2 Å². The zero-order chi connectivity index (χ0) is 34.9. The van der Waals surface area contributed by atoms with Gasteiger partial charge in [0, 0.05) is 54.0 Å². The number of nitrogens with zero attached hydrogens (tertiary/aromatic N) is 1. The van der Waals surface area contributed by atoms with Crippen molar-refractivity contribution in [2.75, 3.05) is 37.7 Å². The first kappa shape index (κ1) is 36.0. The summed E-state index contributed by atoms with van der Waals surface area (Å²) < 4.78 is 11.9. The van der Waals surface area contributed by atoms with Gasteiger partial charge in [-0.15, -0.1) is 6.58 Å². The lowest BCUT2D eigenvalue weighted by Crippen LogP contribution is -2.67. The average Bonchev–Trinajstić information content (AvgIpc) is 3.47. The molecule has 5 nitrogen and oxygen atoms in total. The summed E-state index contributed by atoms with van der Waals surface area (Å²) in [5, 5.41) is 4.23. The number of nitrogens with one attached hydrogen (secondary N) is 1. The summed E-state index contributed by atoms with van der Waals surface area (Å²) in [4.78, 5) is 25.6. The highest BCUT2D eigenvalue weighted by atomic mass is 32.2. The number of aldehydes is 2. The highest BCUT2D eigenvalue weighted by Gasteiger charge is 2.68. The number of hydrogen-bond donors (Lipinski definition) is 1. The maximum atomic E-state index is 11.9. The Bertz CT molecular complexity index is 1380. The molecule has 9 atom stereocenters. The Balaban J connectivity index is 0.00000122. The van der Waals surface area contributed by atoms with E-state index in [0.717, 1.165) is 93.7 Å². The molecule has 8 rings (SSSR count). The fourth-order valence-electron chi connectivity index (χ4n) is 14.5. The predicted molar refractivity (Wildman–Crippen MR) is 202 cm³/mol. The smallest absolute Gasteiger partial charge is 0.133 e. The van der Waals surface area contributed by atoms with E-state index in [9.17, 15) is 13.8 Å². The monoisotopic (exact) mass is 690 g/mol. The van der Waals surface area contributed by atoms with Gasteiger partial charge in [0.15, 0.2) is 0 Å². The topological polar surface area (TPSA) is 66.5 Å². The van der Waals surface area contributed by atoms with Crippen molar-refractivity contribution in [2.24, 2.45) is 56.7 Å². The Morgan fingerprint density at radius 1 is 0.918 bits per heavy atom. The number of carbonyl (C=O) groups is 2. The third-order valence-corrected chi connectivity index (χ3v) is 18.2. The molecule has 8 aliphatic rings. The van der Waals surface area contributed by atoms with Crippen LogP contribution >= 0.6 is 0 Å². The van der Waals surface area contributed by atoms with Crippen molar-refractivity contribution in [1.29, 1.82) is 0 Å².